The van der Waals surface area contributed by atoms with Crippen molar-refractivity contribution in [3.05, 3.63) is 29.0 Å². The minimum absolute atomic E-state index is 0.379. The number of nitrogens with zero attached hydrogens (tertiary/aromatic N) is 4. The molecule has 0 amide bonds. The maximum absolute atomic E-state index is 5.48. The Hall–Kier alpha value is -1.81. The molecule has 0 bridgehead atoms. The molecule has 1 heterocycles. The molecule has 0 aliphatic rings. The third-order valence-corrected chi connectivity index (χ3v) is 2.81. The van der Waals surface area contributed by atoms with E-state index in [1.54, 1.807) is 16.7 Å². The van der Waals surface area contributed by atoms with E-state index < -0.39 is 0 Å². The van der Waals surface area contributed by atoms with E-state index in [1.807, 2.05) is 24.3 Å². The van der Waals surface area contributed by atoms with Gasteiger partial charge in [-0.15, -0.1) is 0 Å². The van der Waals surface area contributed by atoms with Gasteiger partial charge in [-0.05, 0) is 30.4 Å². The number of hydrogen-bond donors (Lipinski definition) is 3. The van der Waals surface area contributed by atoms with Crippen LogP contribution >= 0.6 is 12.2 Å². The summed E-state index contributed by atoms with van der Waals surface area (Å²) in [6.45, 7) is 1.65. The quantitative estimate of drug-likeness (QED) is 0.225. The van der Waals surface area contributed by atoms with Gasteiger partial charge < -0.3 is 10.1 Å². The lowest BCUT2D eigenvalue weighted by Gasteiger charge is -2.11. The van der Waals surface area contributed by atoms with Gasteiger partial charge >= 0.3 is 0 Å². The molecule has 0 radical (unpaired) electrons. The van der Waals surface area contributed by atoms with Gasteiger partial charge in [0.1, 0.15) is 6.73 Å². The zero-order valence-corrected chi connectivity index (χ0v) is 11.9. The van der Waals surface area contributed by atoms with Crippen LogP contribution in [0.15, 0.2) is 24.3 Å². The van der Waals surface area contributed by atoms with E-state index in [0.717, 1.165) is 11.4 Å². The van der Waals surface area contributed by atoms with Crippen LogP contribution in [0.5, 0.6) is 0 Å². The number of anilines is 1. The van der Waals surface area contributed by atoms with Crippen molar-refractivity contribution >= 4 is 17.9 Å². The SMILES string of the molecule is CN(N)CCOCNc1cccc(-n2[nH]nnc2=S)c1. The van der Waals surface area contributed by atoms with Crippen molar-refractivity contribution in [1.82, 2.24) is 25.2 Å². The number of hydrogen-bond acceptors (Lipinski definition) is 7. The molecular weight excluding hydrogens is 278 g/mol. The number of rotatable bonds is 7. The van der Waals surface area contributed by atoms with E-state index in [-0.39, 0.29) is 0 Å². The number of likely N-dealkylation sites (N-methyl/N-ethyl adjacent to an activating group) is 1. The lowest BCUT2D eigenvalue weighted by molar-refractivity contribution is 0.126. The van der Waals surface area contributed by atoms with E-state index in [2.05, 4.69) is 20.8 Å². The van der Waals surface area contributed by atoms with Gasteiger partial charge in [-0.1, -0.05) is 16.4 Å². The van der Waals surface area contributed by atoms with Gasteiger partial charge in [0.05, 0.1) is 12.3 Å². The highest BCUT2D eigenvalue weighted by Crippen LogP contribution is 2.13. The molecule has 0 aliphatic carbocycles. The number of H-pyrrole nitrogens is 1. The summed E-state index contributed by atoms with van der Waals surface area (Å²) in [4.78, 5) is 0. The van der Waals surface area contributed by atoms with Gasteiger partial charge in [-0.25, -0.2) is 9.69 Å². The van der Waals surface area contributed by atoms with E-state index in [0.29, 0.717) is 24.7 Å². The van der Waals surface area contributed by atoms with Crippen molar-refractivity contribution in [3.8, 4) is 5.69 Å². The Kier molecular flexibility index (Phi) is 5.18. The third-order valence-electron chi connectivity index (χ3n) is 2.54. The van der Waals surface area contributed by atoms with Crippen LogP contribution in [-0.2, 0) is 4.74 Å². The molecule has 108 valence electrons. The standard InChI is InChI=1S/C11H17N7OS/c1-17(12)5-6-19-8-13-9-3-2-4-10(7-9)18-11(20)14-15-16-18/h2-4,7,13H,5-6,8,12H2,1H3,(H,14,16,20). The van der Waals surface area contributed by atoms with Crippen molar-refractivity contribution in [1.29, 1.82) is 0 Å². The molecule has 8 nitrogen and oxygen atoms in total. The number of tetrazole rings is 1. The molecule has 0 saturated carbocycles. The molecule has 1 aromatic carbocycles. The number of hydrazine groups is 1. The van der Waals surface area contributed by atoms with Gasteiger partial charge in [0.2, 0.25) is 4.77 Å². The second kappa shape index (κ2) is 7.10. The highest BCUT2D eigenvalue weighted by atomic mass is 32.1. The normalized spacial score (nSPS) is 10.9. The number of benzene rings is 1. The Balaban J connectivity index is 1.90. The first-order valence-electron chi connectivity index (χ1n) is 6.05. The molecule has 2 aromatic rings. The predicted octanol–water partition coefficient (Wildman–Crippen LogP) is 0.516. The number of aromatic amines is 1. The molecule has 4 N–H and O–H groups in total. The largest absolute Gasteiger partial charge is 0.363 e. The molecule has 0 unspecified atom stereocenters. The van der Waals surface area contributed by atoms with Gasteiger partial charge in [0.25, 0.3) is 0 Å². The maximum Gasteiger partial charge on any atom is 0.242 e. The summed E-state index contributed by atoms with van der Waals surface area (Å²) in [5, 5.41) is 14.8. The van der Waals surface area contributed by atoms with Gasteiger partial charge in [-0.2, -0.15) is 5.21 Å². The minimum atomic E-state index is 0.379. The van der Waals surface area contributed by atoms with E-state index in [1.165, 1.54) is 0 Å². The lowest BCUT2D eigenvalue weighted by Crippen LogP contribution is -2.30. The summed E-state index contributed by atoms with van der Waals surface area (Å²) in [6.07, 6.45) is 0. The van der Waals surface area contributed by atoms with Crippen molar-refractivity contribution in [2.45, 2.75) is 0 Å². The third kappa shape index (κ3) is 4.10. The van der Waals surface area contributed by atoms with Crippen molar-refractivity contribution in [3.63, 3.8) is 0 Å². The highest BCUT2D eigenvalue weighted by molar-refractivity contribution is 7.71. The number of ether oxygens (including phenoxy) is 1. The van der Waals surface area contributed by atoms with Crippen LogP contribution in [-0.4, -0.2) is 52.1 Å². The van der Waals surface area contributed by atoms with Crippen LogP contribution in [0.1, 0.15) is 0 Å². The van der Waals surface area contributed by atoms with Crippen molar-refractivity contribution < 1.29 is 4.74 Å². The molecule has 9 heteroatoms. The zero-order valence-electron chi connectivity index (χ0n) is 11.1. The van der Waals surface area contributed by atoms with Gasteiger partial charge in [0.15, 0.2) is 0 Å². The fourth-order valence-corrected chi connectivity index (χ4v) is 1.72. The van der Waals surface area contributed by atoms with Crippen LogP contribution in [0.3, 0.4) is 0 Å². The fourth-order valence-electron chi connectivity index (χ4n) is 1.54. The first-order chi connectivity index (χ1) is 9.66. The fraction of sp³-hybridized carbons (Fsp3) is 0.364. The smallest absolute Gasteiger partial charge is 0.242 e. The first kappa shape index (κ1) is 14.6. The zero-order chi connectivity index (χ0) is 14.4. The predicted molar refractivity (Wildman–Crippen MR) is 77.8 cm³/mol. The van der Waals surface area contributed by atoms with Crippen LogP contribution in [0.2, 0.25) is 0 Å². The topological polar surface area (TPSA) is 97.0 Å². The van der Waals surface area contributed by atoms with Crippen LogP contribution in [0, 0.1) is 4.77 Å². The van der Waals surface area contributed by atoms with Crippen LogP contribution < -0.4 is 11.2 Å². The summed E-state index contributed by atoms with van der Waals surface area (Å²) in [5.41, 5.74) is 1.77. The molecule has 1 aromatic heterocycles. The second-order valence-electron chi connectivity index (χ2n) is 4.18. The summed E-state index contributed by atoms with van der Waals surface area (Å²) >= 11 is 5.05. The van der Waals surface area contributed by atoms with Crippen LogP contribution in [0.25, 0.3) is 5.69 Å². The molecule has 20 heavy (non-hydrogen) atoms. The molecular formula is C11H17N7OS. The number of nitrogens with two attached hydrogens (primary N) is 1. The first-order valence-corrected chi connectivity index (χ1v) is 6.45. The molecule has 0 fully saturated rings. The lowest BCUT2D eigenvalue weighted by atomic mass is 10.3. The average molecular weight is 295 g/mol. The van der Waals surface area contributed by atoms with Crippen LogP contribution in [0.4, 0.5) is 5.69 Å². The average Bonchev–Trinajstić information content (AvgIpc) is 2.85. The number of nitrogens with one attached hydrogen (secondary N) is 2. The summed E-state index contributed by atoms with van der Waals surface area (Å²) in [5.74, 6) is 5.48. The molecule has 0 aliphatic heterocycles. The summed E-state index contributed by atoms with van der Waals surface area (Å²) < 4.78 is 7.40. The highest BCUT2D eigenvalue weighted by Gasteiger charge is 2.01. The minimum Gasteiger partial charge on any atom is -0.363 e. The monoisotopic (exact) mass is 295 g/mol. The Morgan fingerprint density at radius 3 is 3.10 bits per heavy atom. The van der Waals surface area contributed by atoms with Gasteiger partial charge in [0, 0.05) is 19.3 Å². The molecule has 0 spiro atoms. The van der Waals surface area contributed by atoms with Crippen molar-refractivity contribution in [2.75, 3.05) is 32.2 Å². The molecule has 0 atom stereocenters. The summed E-state index contributed by atoms with van der Waals surface area (Å²) in [7, 11) is 1.79. The van der Waals surface area contributed by atoms with E-state index >= 15 is 0 Å². The second-order valence-corrected chi connectivity index (χ2v) is 4.54. The Labute approximate surface area is 121 Å². The molecule has 0 saturated heterocycles. The maximum atomic E-state index is 5.48. The van der Waals surface area contributed by atoms with Gasteiger partial charge in [-0.3, -0.25) is 5.84 Å². The van der Waals surface area contributed by atoms with E-state index in [9.17, 15) is 0 Å². The number of aromatic nitrogens is 4. The van der Waals surface area contributed by atoms with E-state index in [4.69, 9.17) is 22.8 Å². The summed E-state index contributed by atoms with van der Waals surface area (Å²) in [6, 6.07) is 7.68. The Morgan fingerprint density at radius 1 is 1.55 bits per heavy atom. The molecule has 2 rings (SSSR count). The van der Waals surface area contributed by atoms with Crippen molar-refractivity contribution in [2.24, 2.45) is 5.84 Å². The Bertz CT molecular complexity index is 594. The Morgan fingerprint density at radius 2 is 2.40 bits per heavy atom.